The average Bonchev–Trinajstić information content (AvgIpc) is 3.10. The molecule has 5 nitrogen and oxygen atoms in total. The first-order valence-corrected chi connectivity index (χ1v) is 10.6. The van der Waals surface area contributed by atoms with E-state index in [1.807, 2.05) is 31.2 Å². The van der Waals surface area contributed by atoms with E-state index in [1.54, 1.807) is 10.9 Å². The monoisotopic (exact) mass is 408 g/mol. The number of piperidine rings is 1. The summed E-state index contributed by atoms with van der Waals surface area (Å²) in [5.41, 5.74) is 2.65. The molecule has 5 rings (SSSR count). The zero-order valence-electron chi connectivity index (χ0n) is 16.4. The molecule has 0 unspecified atom stereocenters. The number of thiazole rings is 1. The van der Waals surface area contributed by atoms with Crippen molar-refractivity contribution in [3.8, 4) is 11.1 Å². The summed E-state index contributed by atoms with van der Waals surface area (Å²) in [7, 11) is 2.10. The van der Waals surface area contributed by atoms with Gasteiger partial charge in [0.25, 0.3) is 5.56 Å². The lowest BCUT2D eigenvalue weighted by atomic mass is 10.0. The topological polar surface area (TPSA) is 51.0 Å². The van der Waals surface area contributed by atoms with Crippen LogP contribution in [0.2, 0.25) is 0 Å². The Morgan fingerprint density at radius 2 is 1.93 bits per heavy atom. The molecular weight excluding hydrogens is 387 g/mol. The number of hydrogen-bond donors (Lipinski definition) is 0. The number of fused-ring (bicyclic) bond motifs is 2. The maximum atomic E-state index is 14.5. The van der Waals surface area contributed by atoms with Crippen molar-refractivity contribution in [3.05, 3.63) is 57.8 Å². The second kappa shape index (κ2) is 7.00. The Bertz CT molecular complexity index is 1290. The SMILES string of the molecule is Cc1nc2c(F)cc(-c3ccc4c(=O)n(C5CCN(C)CC5)cnc4c3)cc2s1. The Balaban J connectivity index is 1.56. The molecule has 4 aromatic rings. The molecule has 0 amide bonds. The molecule has 0 bridgehead atoms. The van der Waals surface area contributed by atoms with Gasteiger partial charge in [0.2, 0.25) is 0 Å². The molecule has 2 aromatic carbocycles. The number of aryl methyl sites for hydroxylation is 1. The van der Waals surface area contributed by atoms with E-state index >= 15 is 0 Å². The molecule has 148 valence electrons. The van der Waals surface area contributed by atoms with Gasteiger partial charge in [0.15, 0.2) is 5.82 Å². The van der Waals surface area contributed by atoms with Crippen LogP contribution in [0.3, 0.4) is 0 Å². The van der Waals surface area contributed by atoms with Gasteiger partial charge in [0, 0.05) is 6.04 Å². The Morgan fingerprint density at radius 1 is 1.14 bits per heavy atom. The lowest BCUT2D eigenvalue weighted by molar-refractivity contribution is 0.218. The van der Waals surface area contributed by atoms with Gasteiger partial charge >= 0.3 is 0 Å². The molecule has 1 fully saturated rings. The second-order valence-corrected chi connectivity index (χ2v) is 9.00. The normalized spacial score (nSPS) is 16.1. The predicted octanol–water partition coefficient (Wildman–Crippen LogP) is 4.39. The quantitative estimate of drug-likeness (QED) is 0.494. The number of halogens is 1. The van der Waals surface area contributed by atoms with Gasteiger partial charge in [-0.3, -0.25) is 9.36 Å². The van der Waals surface area contributed by atoms with Crippen LogP contribution in [0.25, 0.3) is 32.2 Å². The summed E-state index contributed by atoms with van der Waals surface area (Å²) in [6.45, 7) is 3.84. The van der Waals surface area contributed by atoms with Crippen molar-refractivity contribution >= 4 is 32.5 Å². The molecule has 1 aliphatic rings. The maximum Gasteiger partial charge on any atom is 0.261 e. The Hall–Kier alpha value is -2.64. The highest BCUT2D eigenvalue weighted by molar-refractivity contribution is 7.18. The van der Waals surface area contributed by atoms with Gasteiger partial charge in [0.05, 0.1) is 26.9 Å². The molecule has 3 heterocycles. The van der Waals surface area contributed by atoms with Gasteiger partial charge in [-0.15, -0.1) is 11.3 Å². The zero-order valence-corrected chi connectivity index (χ0v) is 17.2. The highest BCUT2D eigenvalue weighted by atomic mass is 32.1. The summed E-state index contributed by atoms with van der Waals surface area (Å²) < 4.78 is 17.1. The largest absolute Gasteiger partial charge is 0.306 e. The third-order valence-corrected chi connectivity index (χ3v) is 6.67. The van der Waals surface area contributed by atoms with Crippen LogP contribution < -0.4 is 5.56 Å². The van der Waals surface area contributed by atoms with Gasteiger partial charge in [-0.25, -0.2) is 14.4 Å². The van der Waals surface area contributed by atoms with E-state index < -0.39 is 0 Å². The first-order valence-electron chi connectivity index (χ1n) is 9.76. The molecule has 0 N–H and O–H groups in total. The molecule has 1 aliphatic heterocycles. The number of rotatable bonds is 2. The van der Waals surface area contributed by atoms with E-state index in [0.717, 1.165) is 46.8 Å². The lowest BCUT2D eigenvalue weighted by Crippen LogP contribution is -2.35. The minimum Gasteiger partial charge on any atom is -0.306 e. The third kappa shape index (κ3) is 3.24. The molecular formula is C22H21FN4OS. The van der Waals surface area contributed by atoms with Crippen LogP contribution in [0.5, 0.6) is 0 Å². The minimum atomic E-state index is -0.326. The van der Waals surface area contributed by atoms with Crippen LogP contribution in [0.4, 0.5) is 4.39 Å². The zero-order chi connectivity index (χ0) is 20.1. The molecule has 1 saturated heterocycles. The Morgan fingerprint density at radius 3 is 2.72 bits per heavy atom. The lowest BCUT2D eigenvalue weighted by Gasteiger charge is -2.30. The fourth-order valence-corrected chi connectivity index (χ4v) is 5.00. The standard InChI is InChI=1S/C22H21FN4OS/c1-13-25-21-18(23)9-15(11-20(21)29-13)14-3-4-17-19(10-14)24-12-27(22(17)28)16-5-7-26(2)8-6-16/h3-4,9-12,16H,5-8H2,1-2H3. The van der Waals surface area contributed by atoms with Crippen LogP contribution in [0.15, 0.2) is 41.5 Å². The van der Waals surface area contributed by atoms with Crippen LogP contribution >= 0.6 is 11.3 Å². The average molecular weight is 409 g/mol. The molecule has 0 spiro atoms. The first-order chi connectivity index (χ1) is 14.0. The molecule has 2 aromatic heterocycles. The van der Waals surface area contributed by atoms with E-state index in [1.165, 1.54) is 17.4 Å². The van der Waals surface area contributed by atoms with Gasteiger partial charge in [-0.2, -0.15) is 0 Å². The number of aromatic nitrogens is 3. The molecule has 29 heavy (non-hydrogen) atoms. The Kier molecular flexibility index (Phi) is 4.44. The van der Waals surface area contributed by atoms with Crippen molar-refractivity contribution in [2.24, 2.45) is 0 Å². The second-order valence-electron chi connectivity index (χ2n) is 7.76. The summed E-state index contributed by atoms with van der Waals surface area (Å²) in [6, 6.07) is 9.20. The summed E-state index contributed by atoms with van der Waals surface area (Å²) >= 11 is 1.48. The highest BCUT2D eigenvalue weighted by Crippen LogP contribution is 2.31. The molecule has 0 atom stereocenters. The third-order valence-electron chi connectivity index (χ3n) is 5.75. The fraction of sp³-hybridized carbons (Fsp3) is 0.318. The number of nitrogens with zero attached hydrogens (tertiary/aromatic N) is 4. The van der Waals surface area contributed by atoms with E-state index in [-0.39, 0.29) is 17.4 Å². The number of likely N-dealkylation sites (tertiary alicyclic amines) is 1. The first kappa shape index (κ1) is 18.4. The van der Waals surface area contributed by atoms with E-state index in [0.29, 0.717) is 16.4 Å². The summed E-state index contributed by atoms with van der Waals surface area (Å²) in [5.74, 6) is -0.326. The van der Waals surface area contributed by atoms with Crippen molar-refractivity contribution < 1.29 is 4.39 Å². The molecule has 0 radical (unpaired) electrons. The number of hydrogen-bond acceptors (Lipinski definition) is 5. The van der Waals surface area contributed by atoms with Crippen LogP contribution in [0.1, 0.15) is 23.9 Å². The highest BCUT2D eigenvalue weighted by Gasteiger charge is 2.20. The van der Waals surface area contributed by atoms with Crippen molar-refractivity contribution in [3.63, 3.8) is 0 Å². The Labute approximate surface area is 171 Å². The van der Waals surface area contributed by atoms with E-state index in [2.05, 4.69) is 21.9 Å². The van der Waals surface area contributed by atoms with Crippen molar-refractivity contribution in [2.75, 3.05) is 20.1 Å². The fourth-order valence-electron chi connectivity index (χ4n) is 4.11. The van der Waals surface area contributed by atoms with Crippen LogP contribution in [-0.2, 0) is 0 Å². The van der Waals surface area contributed by atoms with Gasteiger partial charge < -0.3 is 4.90 Å². The summed E-state index contributed by atoms with van der Waals surface area (Å²) in [4.78, 5) is 24.1. The van der Waals surface area contributed by atoms with E-state index in [9.17, 15) is 9.18 Å². The van der Waals surface area contributed by atoms with Crippen molar-refractivity contribution in [1.82, 2.24) is 19.4 Å². The van der Waals surface area contributed by atoms with Gasteiger partial charge in [-0.1, -0.05) is 6.07 Å². The van der Waals surface area contributed by atoms with Crippen LogP contribution in [-0.4, -0.2) is 39.6 Å². The molecule has 0 aliphatic carbocycles. The smallest absolute Gasteiger partial charge is 0.261 e. The van der Waals surface area contributed by atoms with Gasteiger partial charge in [0.1, 0.15) is 5.52 Å². The van der Waals surface area contributed by atoms with Crippen molar-refractivity contribution in [2.45, 2.75) is 25.8 Å². The minimum absolute atomic E-state index is 0.00387. The molecule has 7 heteroatoms. The maximum absolute atomic E-state index is 14.5. The summed E-state index contributed by atoms with van der Waals surface area (Å²) in [6.07, 6.45) is 3.57. The predicted molar refractivity (Wildman–Crippen MR) is 115 cm³/mol. The van der Waals surface area contributed by atoms with Crippen LogP contribution in [0, 0.1) is 12.7 Å². The van der Waals surface area contributed by atoms with E-state index in [4.69, 9.17) is 0 Å². The number of benzene rings is 2. The van der Waals surface area contributed by atoms with Crippen molar-refractivity contribution in [1.29, 1.82) is 0 Å². The summed E-state index contributed by atoms with van der Waals surface area (Å²) in [5, 5.41) is 1.44. The molecule has 0 saturated carbocycles. The van der Waals surface area contributed by atoms with Gasteiger partial charge in [-0.05, 0) is 75.3 Å².